The Morgan fingerprint density at radius 2 is 2.04 bits per heavy atom. The highest BCUT2D eigenvalue weighted by molar-refractivity contribution is 5.67. The lowest BCUT2D eigenvalue weighted by Gasteiger charge is -2.32. The number of hydrogen-bond acceptors (Lipinski definition) is 6. The van der Waals surface area contributed by atoms with Gasteiger partial charge in [0, 0.05) is 36.3 Å². The predicted octanol–water partition coefficient (Wildman–Crippen LogP) is 2.84. The number of rotatable bonds is 4. The zero-order valence-corrected chi connectivity index (χ0v) is 14.7. The summed E-state index contributed by atoms with van der Waals surface area (Å²) in [7, 11) is 1.69. The van der Waals surface area contributed by atoms with E-state index in [1.165, 1.54) is 12.0 Å². The lowest BCUT2D eigenvalue weighted by molar-refractivity contribution is 0.415. The molecule has 0 saturated carbocycles. The maximum Gasteiger partial charge on any atom is 0.134 e. The summed E-state index contributed by atoms with van der Waals surface area (Å²) >= 11 is 0. The van der Waals surface area contributed by atoms with Gasteiger partial charge in [0.1, 0.15) is 23.7 Å². The van der Waals surface area contributed by atoms with Crippen LogP contribution >= 0.6 is 0 Å². The zero-order chi connectivity index (χ0) is 17.9. The highest BCUT2D eigenvalue weighted by Crippen LogP contribution is 2.35. The molecule has 3 aromatic rings. The largest absolute Gasteiger partial charge is 0.497 e. The minimum atomic E-state index is 0.439. The molecule has 1 aliphatic rings. The molecule has 1 aliphatic heterocycles. The van der Waals surface area contributed by atoms with E-state index in [9.17, 15) is 0 Å². The summed E-state index contributed by atoms with van der Waals surface area (Å²) in [6, 6.07) is 9.93. The van der Waals surface area contributed by atoms with Crippen LogP contribution < -0.4 is 15.4 Å². The smallest absolute Gasteiger partial charge is 0.134 e. The van der Waals surface area contributed by atoms with Gasteiger partial charge in [-0.05, 0) is 30.5 Å². The number of nitrogen functional groups attached to an aromatic ring is 1. The van der Waals surface area contributed by atoms with E-state index in [0.717, 1.165) is 48.6 Å². The van der Waals surface area contributed by atoms with Gasteiger partial charge < -0.3 is 15.4 Å². The van der Waals surface area contributed by atoms with Crippen LogP contribution in [-0.2, 0) is 0 Å². The number of hydrogen-bond donors (Lipinski definition) is 2. The maximum absolute atomic E-state index is 5.78. The van der Waals surface area contributed by atoms with Crippen LogP contribution in [0.1, 0.15) is 24.5 Å². The Balaban J connectivity index is 1.51. The van der Waals surface area contributed by atoms with Crippen molar-refractivity contribution in [2.75, 3.05) is 30.8 Å². The summed E-state index contributed by atoms with van der Waals surface area (Å²) in [6.07, 6.45) is 5.49. The highest BCUT2D eigenvalue weighted by Gasteiger charge is 2.25. The molecule has 1 saturated heterocycles. The molecule has 1 fully saturated rings. The molecule has 0 radical (unpaired) electrons. The van der Waals surface area contributed by atoms with E-state index in [-0.39, 0.29) is 0 Å². The lowest BCUT2D eigenvalue weighted by atomic mass is 9.89. The van der Waals surface area contributed by atoms with Crippen LogP contribution in [0.4, 0.5) is 11.6 Å². The third kappa shape index (κ3) is 3.20. The molecule has 1 aromatic carbocycles. The lowest BCUT2D eigenvalue weighted by Crippen LogP contribution is -2.33. The topological polar surface area (TPSA) is 93.0 Å². The number of benzene rings is 1. The van der Waals surface area contributed by atoms with Crippen LogP contribution in [0.5, 0.6) is 5.75 Å². The Bertz CT molecular complexity index is 885. The van der Waals surface area contributed by atoms with Gasteiger partial charge in [-0.2, -0.15) is 5.10 Å². The third-order valence-electron chi connectivity index (χ3n) is 4.95. The van der Waals surface area contributed by atoms with Gasteiger partial charge >= 0.3 is 0 Å². The molecule has 134 valence electrons. The molecule has 0 aliphatic carbocycles. The van der Waals surface area contributed by atoms with Crippen molar-refractivity contribution in [2.24, 2.45) is 0 Å². The molecule has 26 heavy (non-hydrogen) atoms. The van der Waals surface area contributed by atoms with Crippen LogP contribution in [0, 0.1) is 0 Å². The number of aromatic nitrogens is 4. The first-order valence-corrected chi connectivity index (χ1v) is 8.75. The molecular weight excluding hydrogens is 328 g/mol. The van der Waals surface area contributed by atoms with E-state index in [4.69, 9.17) is 10.5 Å². The minimum Gasteiger partial charge on any atom is -0.497 e. The quantitative estimate of drug-likeness (QED) is 0.751. The highest BCUT2D eigenvalue weighted by atomic mass is 16.5. The van der Waals surface area contributed by atoms with Crippen LogP contribution in [0.25, 0.3) is 11.1 Å². The molecule has 3 N–H and O–H groups in total. The average molecular weight is 350 g/mol. The fourth-order valence-electron chi connectivity index (χ4n) is 3.56. The summed E-state index contributed by atoms with van der Waals surface area (Å²) in [5.41, 5.74) is 9.24. The summed E-state index contributed by atoms with van der Waals surface area (Å²) in [4.78, 5) is 10.6. The van der Waals surface area contributed by atoms with E-state index in [0.29, 0.717) is 11.7 Å². The van der Waals surface area contributed by atoms with E-state index < -0.39 is 0 Å². The van der Waals surface area contributed by atoms with Crippen molar-refractivity contribution in [3.05, 3.63) is 48.5 Å². The Morgan fingerprint density at radius 3 is 2.81 bits per heavy atom. The third-order valence-corrected chi connectivity index (χ3v) is 4.95. The van der Waals surface area contributed by atoms with Crippen molar-refractivity contribution in [2.45, 2.75) is 18.8 Å². The molecular formula is C19H22N6O. The Kier molecular flexibility index (Phi) is 4.43. The first-order chi connectivity index (χ1) is 12.7. The van der Waals surface area contributed by atoms with E-state index in [2.05, 4.69) is 31.1 Å². The maximum atomic E-state index is 5.78. The fraction of sp³-hybridized carbons (Fsp3) is 0.316. The molecule has 2 aromatic heterocycles. The van der Waals surface area contributed by atoms with Crippen LogP contribution in [-0.4, -0.2) is 40.4 Å². The SMILES string of the molecule is COc1cccc(-c2cn[nH]c2C2CCN(c3cc(N)ncn3)CC2)c1. The second-order valence-corrected chi connectivity index (χ2v) is 6.49. The molecule has 0 bridgehead atoms. The van der Waals surface area contributed by atoms with Crippen LogP contribution in [0.2, 0.25) is 0 Å². The molecule has 0 spiro atoms. The normalized spacial score (nSPS) is 15.2. The van der Waals surface area contributed by atoms with Crippen molar-refractivity contribution in [3.8, 4) is 16.9 Å². The van der Waals surface area contributed by atoms with Gasteiger partial charge in [-0.15, -0.1) is 0 Å². The second kappa shape index (κ2) is 7.03. The van der Waals surface area contributed by atoms with Gasteiger partial charge in [-0.3, -0.25) is 5.10 Å². The molecule has 0 unspecified atom stereocenters. The van der Waals surface area contributed by atoms with Gasteiger partial charge in [0.15, 0.2) is 0 Å². The number of anilines is 2. The van der Waals surface area contributed by atoms with Crippen molar-refractivity contribution in [3.63, 3.8) is 0 Å². The summed E-state index contributed by atoms with van der Waals surface area (Å²) < 4.78 is 5.35. The van der Waals surface area contributed by atoms with Crippen LogP contribution in [0.15, 0.2) is 42.9 Å². The fourth-order valence-corrected chi connectivity index (χ4v) is 3.56. The molecule has 7 nitrogen and oxygen atoms in total. The molecule has 3 heterocycles. The number of nitrogens with one attached hydrogen (secondary N) is 1. The van der Waals surface area contributed by atoms with Gasteiger partial charge in [0.05, 0.1) is 13.3 Å². The van der Waals surface area contributed by atoms with E-state index in [1.54, 1.807) is 7.11 Å². The van der Waals surface area contributed by atoms with Crippen molar-refractivity contribution in [1.29, 1.82) is 0 Å². The number of piperidine rings is 1. The van der Waals surface area contributed by atoms with E-state index >= 15 is 0 Å². The summed E-state index contributed by atoms with van der Waals surface area (Å²) in [5, 5.41) is 7.52. The Hall–Kier alpha value is -3.09. The Labute approximate surface area is 152 Å². The number of methoxy groups -OCH3 is 1. The monoisotopic (exact) mass is 350 g/mol. The van der Waals surface area contributed by atoms with Crippen molar-refractivity contribution < 1.29 is 4.74 Å². The summed E-state index contributed by atoms with van der Waals surface area (Å²) in [6.45, 7) is 1.86. The molecule has 7 heteroatoms. The number of ether oxygens (including phenoxy) is 1. The number of nitrogens with two attached hydrogens (primary N) is 1. The van der Waals surface area contributed by atoms with Crippen molar-refractivity contribution >= 4 is 11.6 Å². The first-order valence-electron chi connectivity index (χ1n) is 8.75. The molecule has 0 atom stereocenters. The van der Waals surface area contributed by atoms with Gasteiger partial charge in [0.25, 0.3) is 0 Å². The minimum absolute atomic E-state index is 0.439. The van der Waals surface area contributed by atoms with Crippen LogP contribution in [0.3, 0.4) is 0 Å². The average Bonchev–Trinajstić information content (AvgIpc) is 3.18. The molecule has 0 amide bonds. The predicted molar refractivity (Wildman–Crippen MR) is 101 cm³/mol. The first kappa shape index (κ1) is 16.4. The summed E-state index contributed by atoms with van der Waals surface area (Å²) in [5.74, 6) is 2.69. The number of aromatic amines is 1. The van der Waals surface area contributed by atoms with E-state index in [1.807, 2.05) is 30.5 Å². The van der Waals surface area contributed by atoms with Crippen molar-refractivity contribution in [1.82, 2.24) is 20.2 Å². The molecule has 4 rings (SSSR count). The number of nitrogens with zero attached hydrogens (tertiary/aromatic N) is 4. The van der Waals surface area contributed by atoms with Gasteiger partial charge in [0.2, 0.25) is 0 Å². The standard InChI is InChI=1S/C19H22N6O/c1-26-15-4-2-3-14(9-15)16-11-23-24-19(16)13-5-7-25(8-6-13)18-10-17(20)21-12-22-18/h2-4,9-13H,5-8H2,1H3,(H,23,24)(H2,20,21,22). The number of H-pyrrole nitrogens is 1. The van der Waals surface area contributed by atoms with Gasteiger partial charge in [-0.1, -0.05) is 12.1 Å². The second-order valence-electron chi connectivity index (χ2n) is 6.49. The zero-order valence-electron chi connectivity index (χ0n) is 14.7. The Morgan fingerprint density at radius 1 is 1.19 bits per heavy atom. The van der Waals surface area contributed by atoms with Gasteiger partial charge in [-0.25, -0.2) is 9.97 Å².